The number of hydrogen-bond donors (Lipinski definition) is 0. The molecule has 0 N–H and O–H groups in total. The van der Waals surface area contributed by atoms with Gasteiger partial charge in [-0.3, -0.25) is 9.69 Å². The molecule has 1 fully saturated rings. The molecule has 0 amide bonds. The molecule has 23 heavy (non-hydrogen) atoms. The van der Waals surface area contributed by atoms with E-state index in [1.54, 1.807) is 21.1 Å². The molecule has 0 spiro atoms. The van der Waals surface area contributed by atoms with E-state index in [1.807, 2.05) is 12.1 Å². The molecule has 0 aromatic heterocycles. The van der Waals surface area contributed by atoms with Gasteiger partial charge in [-0.1, -0.05) is 13.8 Å². The summed E-state index contributed by atoms with van der Waals surface area (Å²) in [6.45, 7) is 3.38. The highest BCUT2D eigenvalue weighted by molar-refractivity contribution is 5.83. The molecule has 2 aliphatic heterocycles. The zero-order valence-electron chi connectivity index (χ0n) is 16.2. The Kier molecular flexibility index (Phi) is 3.93. The second kappa shape index (κ2) is 6.52. The van der Waals surface area contributed by atoms with Gasteiger partial charge in [0.05, 0.1) is 14.2 Å². The Balaban J connectivity index is 1.85. The van der Waals surface area contributed by atoms with E-state index < -0.39 is 5.89 Å². The average Bonchev–Trinajstić information content (AvgIpc) is 2.61. The molecular weight excluding hydrogens is 290 g/mol. The third-order valence-corrected chi connectivity index (χ3v) is 5.01. The molecule has 2 heterocycles. The van der Waals surface area contributed by atoms with Crippen molar-refractivity contribution in [1.82, 2.24) is 4.90 Å². The summed E-state index contributed by atoms with van der Waals surface area (Å²) in [7, 11) is 3.26. The SMILES string of the molecule is [3H]CC([3H])(C)CC1CN2CCc3cc(OC)c(OC)cc3C2CC1=O. The van der Waals surface area contributed by atoms with E-state index in [0.717, 1.165) is 24.3 Å². The van der Waals surface area contributed by atoms with Gasteiger partial charge < -0.3 is 9.47 Å². The van der Waals surface area contributed by atoms with Crippen LogP contribution in [0.15, 0.2) is 12.1 Å². The lowest BCUT2D eigenvalue weighted by Gasteiger charge is -2.43. The summed E-state index contributed by atoms with van der Waals surface area (Å²) in [5.41, 5.74) is 2.38. The minimum Gasteiger partial charge on any atom is -0.493 e. The van der Waals surface area contributed by atoms with Gasteiger partial charge in [0, 0.05) is 34.2 Å². The topological polar surface area (TPSA) is 38.8 Å². The summed E-state index contributed by atoms with van der Waals surface area (Å²) in [6, 6.07) is 4.13. The van der Waals surface area contributed by atoms with Crippen LogP contribution < -0.4 is 9.47 Å². The number of fused-ring (bicyclic) bond motifs is 3. The molecule has 0 saturated carbocycles. The van der Waals surface area contributed by atoms with Gasteiger partial charge in [-0.15, -0.1) is 0 Å². The van der Waals surface area contributed by atoms with Crippen LogP contribution in [-0.2, 0) is 11.2 Å². The van der Waals surface area contributed by atoms with Crippen molar-refractivity contribution in [3.8, 4) is 11.5 Å². The number of carbonyl (C=O) groups is 1. The Morgan fingerprint density at radius 1 is 1.39 bits per heavy atom. The first-order chi connectivity index (χ1) is 11.9. The zero-order chi connectivity index (χ0) is 18.2. The van der Waals surface area contributed by atoms with Crippen LogP contribution in [0.3, 0.4) is 0 Å². The maximum atomic E-state index is 12.7. The van der Waals surface area contributed by atoms with E-state index in [4.69, 9.17) is 12.2 Å². The number of benzene rings is 1. The number of methoxy groups -OCH3 is 2. The predicted molar refractivity (Wildman–Crippen MR) is 90.1 cm³/mol. The molecule has 3 unspecified atom stereocenters. The largest absolute Gasteiger partial charge is 0.493 e. The Hall–Kier alpha value is -1.55. The van der Waals surface area contributed by atoms with Crippen molar-refractivity contribution in [1.29, 1.82) is 0 Å². The van der Waals surface area contributed by atoms with E-state index in [-0.39, 0.29) is 24.6 Å². The summed E-state index contributed by atoms with van der Waals surface area (Å²) < 4.78 is 26.5. The van der Waals surface area contributed by atoms with Crippen molar-refractivity contribution < 1.29 is 17.0 Å². The third kappa shape index (κ3) is 3.09. The number of piperidine rings is 1. The number of ketones is 1. The van der Waals surface area contributed by atoms with Crippen molar-refractivity contribution in [3.05, 3.63) is 23.3 Å². The summed E-state index contributed by atoms with van der Waals surface area (Å²) in [5, 5.41) is 0. The van der Waals surface area contributed by atoms with E-state index in [0.29, 0.717) is 25.1 Å². The molecule has 0 bridgehead atoms. The van der Waals surface area contributed by atoms with E-state index in [9.17, 15) is 4.79 Å². The van der Waals surface area contributed by atoms with Crippen LogP contribution >= 0.6 is 0 Å². The minimum atomic E-state index is -0.850. The number of Topliss-reactive ketones (excluding diaryl/α,β-unsaturated/α-hetero) is 1. The number of carbonyl (C=O) groups excluding carboxylic acids is 1. The van der Waals surface area contributed by atoms with Crippen molar-refractivity contribution in [2.24, 2.45) is 11.8 Å². The maximum Gasteiger partial charge on any atom is 0.161 e. The summed E-state index contributed by atoms with van der Waals surface area (Å²) in [6.07, 6.45) is 1.86. The molecule has 0 radical (unpaired) electrons. The van der Waals surface area contributed by atoms with Gasteiger partial charge in [-0.2, -0.15) is 0 Å². The highest BCUT2D eigenvalue weighted by Crippen LogP contribution is 2.42. The summed E-state index contributed by atoms with van der Waals surface area (Å²) in [5.74, 6) is 0.666. The van der Waals surface area contributed by atoms with Gasteiger partial charge in [0.25, 0.3) is 0 Å². The Morgan fingerprint density at radius 2 is 2.13 bits per heavy atom. The fourth-order valence-electron chi connectivity index (χ4n) is 3.88. The van der Waals surface area contributed by atoms with Crippen LogP contribution in [0.25, 0.3) is 0 Å². The second-order valence-corrected chi connectivity index (χ2v) is 6.70. The Bertz CT molecular complexity index is 662. The molecule has 4 heteroatoms. The van der Waals surface area contributed by atoms with Crippen molar-refractivity contribution >= 4 is 5.78 Å². The average molecular weight is 321 g/mol. The van der Waals surface area contributed by atoms with Gasteiger partial charge in [0.2, 0.25) is 0 Å². The number of ether oxygens (including phenoxy) is 2. The van der Waals surface area contributed by atoms with Gasteiger partial charge in [0.1, 0.15) is 5.78 Å². The molecule has 3 atom stereocenters. The van der Waals surface area contributed by atoms with E-state index in [2.05, 4.69) is 4.90 Å². The van der Waals surface area contributed by atoms with Crippen molar-refractivity contribution in [3.63, 3.8) is 0 Å². The molecule has 3 rings (SSSR count). The zero-order valence-corrected chi connectivity index (χ0v) is 14.2. The molecule has 2 aliphatic rings. The standard InChI is InChI=1S/C19H27NO3/c1-12(2)7-14-11-20-6-5-13-8-18(22-3)19(23-4)9-15(13)16(20)10-17(14)21/h8-9,12,14,16H,5-7,10-11H2,1-4H3/i1T,12T. The first-order valence-corrected chi connectivity index (χ1v) is 8.19. The van der Waals surface area contributed by atoms with Gasteiger partial charge in [-0.05, 0) is 42.0 Å². The van der Waals surface area contributed by atoms with Gasteiger partial charge in [0.15, 0.2) is 11.5 Å². The lowest BCUT2D eigenvalue weighted by molar-refractivity contribution is -0.129. The Labute approximate surface area is 141 Å². The van der Waals surface area contributed by atoms with Crippen LogP contribution in [-0.4, -0.2) is 38.0 Å². The highest BCUT2D eigenvalue weighted by Gasteiger charge is 2.38. The van der Waals surface area contributed by atoms with Crippen LogP contribution in [0.5, 0.6) is 11.5 Å². The van der Waals surface area contributed by atoms with Crippen LogP contribution in [0, 0.1) is 11.8 Å². The molecule has 1 saturated heterocycles. The maximum absolute atomic E-state index is 12.7. The summed E-state index contributed by atoms with van der Waals surface area (Å²) >= 11 is 0. The normalized spacial score (nSPS) is 28.0. The molecule has 1 aromatic carbocycles. The predicted octanol–water partition coefficient (Wildman–Crippen LogP) is 3.24. The lowest BCUT2D eigenvalue weighted by Crippen LogP contribution is -2.46. The van der Waals surface area contributed by atoms with E-state index >= 15 is 0 Å². The number of nitrogens with zero attached hydrogens (tertiary/aromatic N) is 1. The third-order valence-electron chi connectivity index (χ3n) is 5.01. The number of hydrogen-bond acceptors (Lipinski definition) is 4. The minimum absolute atomic E-state index is 0.0278. The van der Waals surface area contributed by atoms with Crippen LogP contribution in [0.2, 0.25) is 0 Å². The monoisotopic (exact) mass is 321 g/mol. The molecule has 0 aliphatic carbocycles. The fourth-order valence-corrected chi connectivity index (χ4v) is 3.88. The highest BCUT2D eigenvalue weighted by atomic mass is 16.5. The molecule has 1 aromatic rings. The van der Waals surface area contributed by atoms with Gasteiger partial charge >= 0.3 is 0 Å². The van der Waals surface area contributed by atoms with Gasteiger partial charge in [-0.25, -0.2) is 0 Å². The van der Waals surface area contributed by atoms with Crippen LogP contribution in [0.1, 0.15) is 46.6 Å². The quantitative estimate of drug-likeness (QED) is 0.853. The first kappa shape index (κ1) is 13.8. The smallest absolute Gasteiger partial charge is 0.161 e. The summed E-state index contributed by atoms with van der Waals surface area (Å²) in [4.78, 5) is 15.1. The molecule has 126 valence electrons. The molecule has 4 nitrogen and oxygen atoms in total. The Morgan fingerprint density at radius 3 is 2.83 bits per heavy atom. The lowest BCUT2D eigenvalue weighted by atomic mass is 9.80. The van der Waals surface area contributed by atoms with Crippen molar-refractivity contribution in [2.75, 3.05) is 27.3 Å². The first-order valence-electron chi connectivity index (χ1n) is 9.40. The molecular formula is C19H27NO3. The van der Waals surface area contributed by atoms with Crippen molar-refractivity contribution in [2.45, 2.75) is 39.1 Å². The van der Waals surface area contributed by atoms with Crippen LogP contribution in [0.4, 0.5) is 0 Å². The fraction of sp³-hybridized carbons (Fsp3) is 0.632. The van der Waals surface area contributed by atoms with E-state index in [1.165, 1.54) is 5.56 Å². The number of rotatable bonds is 4. The second-order valence-electron chi connectivity index (χ2n) is 6.70.